The van der Waals surface area contributed by atoms with Gasteiger partial charge in [-0.05, 0) is 62.9 Å². The Labute approximate surface area is 156 Å². The van der Waals surface area contributed by atoms with E-state index in [1.54, 1.807) is 0 Å². The Balaban J connectivity index is 1.82. The lowest BCUT2D eigenvalue weighted by atomic mass is 9.74. The first-order chi connectivity index (χ1) is 12.5. The van der Waals surface area contributed by atoms with Crippen molar-refractivity contribution in [2.45, 2.75) is 65.3 Å². The van der Waals surface area contributed by atoms with Crippen LogP contribution in [0.1, 0.15) is 62.8 Å². The van der Waals surface area contributed by atoms with Gasteiger partial charge in [0.25, 0.3) is 0 Å². The molecule has 2 aliphatic rings. The molecule has 1 aromatic carbocycles. The van der Waals surface area contributed by atoms with Crippen LogP contribution in [0.2, 0.25) is 0 Å². The molecule has 140 valence electrons. The zero-order chi connectivity index (χ0) is 18.4. The fourth-order valence-corrected chi connectivity index (χ4v) is 5.05. The summed E-state index contributed by atoms with van der Waals surface area (Å²) in [4.78, 5) is 15.1. The number of piperidine rings is 1. The van der Waals surface area contributed by atoms with Crippen molar-refractivity contribution in [1.29, 1.82) is 0 Å². The number of benzene rings is 1. The van der Waals surface area contributed by atoms with Crippen molar-refractivity contribution >= 4 is 16.8 Å². The van der Waals surface area contributed by atoms with Crippen LogP contribution in [-0.4, -0.2) is 34.6 Å². The summed E-state index contributed by atoms with van der Waals surface area (Å²) in [5, 5.41) is 1.40. The Morgan fingerprint density at radius 1 is 1.35 bits per heavy atom. The summed E-state index contributed by atoms with van der Waals surface area (Å²) < 4.78 is 2.04. The number of amides is 1. The third kappa shape index (κ3) is 2.66. The second kappa shape index (κ2) is 6.73. The van der Waals surface area contributed by atoms with E-state index in [4.69, 9.17) is 0 Å². The Morgan fingerprint density at radius 3 is 2.88 bits per heavy atom. The fourth-order valence-electron chi connectivity index (χ4n) is 5.05. The topological polar surface area (TPSA) is 37.3 Å². The first-order valence-corrected chi connectivity index (χ1v) is 10.2. The van der Waals surface area contributed by atoms with Crippen molar-refractivity contribution < 1.29 is 4.79 Å². The van der Waals surface area contributed by atoms with Crippen molar-refractivity contribution in [3.63, 3.8) is 0 Å². The maximum absolute atomic E-state index is 12.4. The Kier molecular flexibility index (Phi) is 4.55. The highest BCUT2D eigenvalue weighted by Crippen LogP contribution is 2.45. The molecule has 4 nitrogen and oxygen atoms in total. The molecule has 0 unspecified atom stereocenters. The van der Waals surface area contributed by atoms with Crippen LogP contribution in [0, 0.1) is 12.8 Å². The summed E-state index contributed by atoms with van der Waals surface area (Å²) in [6.07, 6.45) is 4.89. The molecule has 0 bridgehead atoms. The molecule has 4 rings (SSSR count). The molecule has 1 aliphatic carbocycles. The molecular weight excluding hydrogens is 322 g/mol. The van der Waals surface area contributed by atoms with Crippen molar-refractivity contribution in [3.05, 3.63) is 35.0 Å². The average molecular weight is 354 g/mol. The highest BCUT2D eigenvalue weighted by molar-refractivity contribution is 5.94. The number of rotatable bonds is 4. The van der Waals surface area contributed by atoms with Crippen LogP contribution >= 0.6 is 0 Å². The fraction of sp³-hybridized carbons (Fsp3) is 0.591. The number of carbonyl (C=O) groups excluding carboxylic acids is 1. The van der Waals surface area contributed by atoms with Crippen molar-refractivity contribution in [2.24, 2.45) is 5.92 Å². The molecule has 1 aromatic heterocycles. The monoisotopic (exact) mass is 353 g/mol. The second-order valence-electron chi connectivity index (χ2n) is 8.33. The number of nitrogens with one attached hydrogen (secondary N) is 1. The van der Waals surface area contributed by atoms with Crippen molar-refractivity contribution in [3.8, 4) is 0 Å². The number of carbonyl (C=O) groups is 1. The Bertz CT molecular complexity index is 834. The van der Waals surface area contributed by atoms with Crippen LogP contribution in [0.25, 0.3) is 10.9 Å². The number of likely N-dealkylation sites (tertiary alicyclic amines) is 1. The summed E-state index contributed by atoms with van der Waals surface area (Å²) in [6, 6.07) is 7.26. The smallest absolute Gasteiger partial charge is 0.241 e. The summed E-state index contributed by atoms with van der Waals surface area (Å²) in [5.74, 6) is 0.681. The number of fused-ring (bicyclic) bond motifs is 2. The maximum atomic E-state index is 12.4. The molecular formula is C22H31N3O. The van der Waals surface area contributed by atoms with Gasteiger partial charge in [-0.3, -0.25) is 19.8 Å². The van der Waals surface area contributed by atoms with E-state index in [1.807, 2.05) is 18.5 Å². The molecule has 4 heteroatoms. The van der Waals surface area contributed by atoms with Gasteiger partial charge in [0.2, 0.25) is 5.91 Å². The van der Waals surface area contributed by atoms with Crippen LogP contribution in [0.15, 0.2) is 18.2 Å². The Morgan fingerprint density at radius 2 is 2.15 bits per heavy atom. The van der Waals surface area contributed by atoms with E-state index in [2.05, 4.69) is 42.4 Å². The lowest BCUT2D eigenvalue weighted by Crippen LogP contribution is -2.47. The molecule has 2 atom stereocenters. The largest absolute Gasteiger partial charge is 0.299 e. The normalized spacial score (nSPS) is 22.7. The van der Waals surface area contributed by atoms with E-state index in [0.717, 1.165) is 11.9 Å². The van der Waals surface area contributed by atoms with Gasteiger partial charge < -0.3 is 0 Å². The van der Waals surface area contributed by atoms with E-state index >= 15 is 0 Å². The van der Waals surface area contributed by atoms with Gasteiger partial charge in [0.05, 0.1) is 5.52 Å². The Hall–Kier alpha value is -1.81. The van der Waals surface area contributed by atoms with E-state index in [1.165, 1.54) is 54.6 Å². The van der Waals surface area contributed by atoms with Crippen LogP contribution < -0.4 is 5.43 Å². The first-order valence-electron chi connectivity index (χ1n) is 10.2. The molecule has 1 fully saturated rings. The summed E-state index contributed by atoms with van der Waals surface area (Å²) >= 11 is 0. The molecule has 0 radical (unpaired) electrons. The van der Waals surface area contributed by atoms with Gasteiger partial charge in [-0.1, -0.05) is 32.9 Å². The van der Waals surface area contributed by atoms with E-state index in [-0.39, 0.29) is 11.8 Å². The minimum atomic E-state index is -0.0220. The van der Waals surface area contributed by atoms with E-state index in [0.29, 0.717) is 12.0 Å². The third-order valence-electron chi connectivity index (χ3n) is 6.35. The molecule has 0 spiro atoms. The van der Waals surface area contributed by atoms with E-state index < -0.39 is 0 Å². The molecule has 1 amide bonds. The summed E-state index contributed by atoms with van der Waals surface area (Å²) in [5.41, 5.74) is 8.43. The van der Waals surface area contributed by atoms with Gasteiger partial charge in [0, 0.05) is 29.0 Å². The van der Waals surface area contributed by atoms with E-state index in [9.17, 15) is 4.79 Å². The lowest BCUT2D eigenvalue weighted by Gasteiger charge is -2.44. The number of aromatic nitrogens is 1. The van der Waals surface area contributed by atoms with Gasteiger partial charge in [0.1, 0.15) is 0 Å². The van der Waals surface area contributed by atoms with Gasteiger partial charge in [-0.25, -0.2) is 0 Å². The number of nitrogens with zero attached hydrogens (tertiary/aromatic N) is 2. The van der Waals surface area contributed by atoms with Gasteiger partial charge in [-0.15, -0.1) is 0 Å². The lowest BCUT2D eigenvalue weighted by molar-refractivity contribution is -0.119. The van der Waals surface area contributed by atoms with Crippen LogP contribution in [0.5, 0.6) is 0 Å². The molecule has 0 saturated carbocycles. The predicted octanol–water partition coefficient (Wildman–Crippen LogP) is 4.19. The molecule has 2 heterocycles. The van der Waals surface area contributed by atoms with Gasteiger partial charge >= 0.3 is 0 Å². The number of hydrogen-bond acceptors (Lipinski definition) is 2. The minimum absolute atomic E-state index is 0.0220. The van der Waals surface area contributed by atoms with Crippen molar-refractivity contribution in [2.75, 3.05) is 18.5 Å². The van der Waals surface area contributed by atoms with Crippen LogP contribution in [-0.2, 0) is 11.2 Å². The molecule has 1 saturated heterocycles. The minimum Gasteiger partial charge on any atom is -0.299 e. The molecule has 1 aliphatic heterocycles. The standard InChI is InChI=1S/C22H31N3O/c1-5-11-24-12-7-9-16-17-8-6-10-19-21(17)18(13-20(16)24)15(4)25(19)23-22(26)14(2)3/h6,8,10,14,16,20H,5,7,9,11-13H2,1-4H3,(H,23,26)/t16-,20-/m1/s1. The summed E-state index contributed by atoms with van der Waals surface area (Å²) in [7, 11) is 0. The van der Waals surface area contributed by atoms with Gasteiger partial charge in [0.15, 0.2) is 0 Å². The predicted molar refractivity (Wildman–Crippen MR) is 107 cm³/mol. The average Bonchev–Trinajstić information content (AvgIpc) is 2.90. The molecule has 26 heavy (non-hydrogen) atoms. The first kappa shape index (κ1) is 17.6. The second-order valence-corrected chi connectivity index (χ2v) is 8.33. The zero-order valence-electron chi connectivity index (χ0n) is 16.5. The highest BCUT2D eigenvalue weighted by Gasteiger charge is 2.38. The SMILES string of the molecule is CCCN1CCC[C@@H]2c3cccc4c3c(c(C)n4NC(=O)C(C)C)C[C@H]21. The third-order valence-corrected chi connectivity index (χ3v) is 6.35. The van der Waals surface area contributed by atoms with Crippen LogP contribution in [0.3, 0.4) is 0 Å². The zero-order valence-corrected chi connectivity index (χ0v) is 16.5. The van der Waals surface area contributed by atoms with Gasteiger partial charge in [-0.2, -0.15) is 0 Å². The van der Waals surface area contributed by atoms with Crippen molar-refractivity contribution in [1.82, 2.24) is 9.58 Å². The molecule has 2 aromatic rings. The van der Waals surface area contributed by atoms with Crippen LogP contribution in [0.4, 0.5) is 0 Å². The molecule has 1 N–H and O–H groups in total. The highest BCUT2D eigenvalue weighted by atomic mass is 16.2. The maximum Gasteiger partial charge on any atom is 0.241 e. The summed E-state index contributed by atoms with van der Waals surface area (Å²) in [6.45, 7) is 10.7. The number of hydrogen-bond donors (Lipinski definition) is 1. The quantitative estimate of drug-likeness (QED) is 0.895.